The van der Waals surface area contributed by atoms with Crippen molar-refractivity contribution < 1.29 is 13.9 Å². The van der Waals surface area contributed by atoms with Gasteiger partial charge in [0.05, 0.1) is 24.2 Å². The van der Waals surface area contributed by atoms with Crippen molar-refractivity contribution in [3.05, 3.63) is 54.3 Å². The number of halogens is 1. The van der Waals surface area contributed by atoms with Gasteiger partial charge in [-0.05, 0) is 40.8 Å². The lowest BCUT2D eigenvalue weighted by Gasteiger charge is -2.09. The Kier molecular flexibility index (Phi) is 5.24. The predicted octanol–water partition coefficient (Wildman–Crippen LogP) is 2.54. The lowest BCUT2D eigenvalue weighted by Crippen LogP contribution is -2.15. The van der Waals surface area contributed by atoms with Crippen molar-refractivity contribution in [2.75, 3.05) is 18.2 Å². The van der Waals surface area contributed by atoms with Gasteiger partial charge in [-0.25, -0.2) is 4.39 Å². The molecule has 0 saturated carbocycles. The zero-order valence-electron chi connectivity index (χ0n) is 13.2. The Morgan fingerprint density at radius 2 is 2.12 bits per heavy atom. The van der Waals surface area contributed by atoms with E-state index in [9.17, 15) is 9.18 Å². The molecule has 25 heavy (non-hydrogen) atoms. The monoisotopic (exact) mass is 359 g/mol. The van der Waals surface area contributed by atoms with Crippen LogP contribution in [0.25, 0.3) is 5.69 Å². The number of methoxy groups -OCH3 is 1. The number of anilines is 1. The average molecular weight is 359 g/mol. The second kappa shape index (κ2) is 7.75. The fourth-order valence-corrected chi connectivity index (χ4v) is 2.79. The highest BCUT2D eigenvalue weighted by Crippen LogP contribution is 2.24. The Morgan fingerprint density at radius 1 is 1.28 bits per heavy atom. The van der Waals surface area contributed by atoms with E-state index in [0.29, 0.717) is 22.3 Å². The summed E-state index contributed by atoms with van der Waals surface area (Å²) in [5.41, 5.74) is 1.07. The quantitative estimate of drug-likeness (QED) is 0.681. The van der Waals surface area contributed by atoms with Crippen LogP contribution in [0.4, 0.5) is 10.1 Å². The number of tetrazole rings is 1. The minimum Gasteiger partial charge on any atom is -0.495 e. The van der Waals surface area contributed by atoms with Crippen LogP contribution in [-0.4, -0.2) is 39.0 Å². The lowest BCUT2D eigenvalue weighted by molar-refractivity contribution is -0.113. The summed E-state index contributed by atoms with van der Waals surface area (Å²) in [7, 11) is 1.53. The maximum Gasteiger partial charge on any atom is 0.234 e. The van der Waals surface area contributed by atoms with Crippen molar-refractivity contribution in [3.63, 3.8) is 0 Å². The van der Waals surface area contributed by atoms with Crippen LogP contribution in [0.15, 0.2) is 53.7 Å². The number of thioether (sulfide) groups is 1. The maximum atomic E-state index is 13.4. The first-order valence-corrected chi connectivity index (χ1v) is 8.26. The predicted molar refractivity (Wildman–Crippen MR) is 91.5 cm³/mol. The molecule has 0 aliphatic carbocycles. The number of para-hydroxylation sites is 2. The molecule has 0 spiro atoms. The van der Waals surface area contributed by atoms with Gasteiger partial charge in [0.15, 0.2) is 0 Å². The third-order valence-electron chi connectivity index (χ3n) is 3.21. The summed E-state index contributed by atoms with van der Waals surface area (Å²) in [4.78, 5) is 12.2. The molecule has 0 atom stereocenters. The molecular weight excluding hydrogens is 345 g/mol. The topological polar surface area (TPSA) is 81.9 Å². The summed E-state index contributed by atoms with van der Waals surface area (Å²) in [6.45, 7) is 0. The Bertz CT molecular complexity index is 886. The molecule has 1 aromatic heterocycles. The first-order valence-electron chi connectivity index (χ1n) is 7.27. The fourth-order valence-electron chi connectivity index (χ4n) is 2.10. The fraction of sp³-hybridized carbons (Fsp3) is 0.125. The molecule has 0 radical (unpaired) electrons. The van der Waals surface area contributed by atoms with E-state index in [1.54, 1.807) is 30.3 Å². The van der Waals surface area contributed by atoms with E-state index in [-0.39, 0.29) is 11.7 Å². The number of hydrogen-bond donors (Lipinski definition) is 1. The van der Waals surface area contributed by atoms with Crippen molar-refractivity contribution in [2.24, 2.45) is 0 Å². The summed E-state index contributed by atoms with van der Waals surface area (Å²) in [6, 6.07) is 13.0. The number of ether oxygens (including phenoxy) is 1. The van der Waals surface area contributed by atoms with Crippen LogP contribution in [0.1, 0.15) is 0 Å². The van der Waals surface area contributed by atoms with Gasteiger partial charge in [0, 0.05) is 0 Å². The van der Waals surface area contributed by atoms with Gasteiger partial charge in [-0.15, -0.1) is 5.10 Å². The molecule has 1 heterocycles. The third kappa shape index (κ3) is 4.13. The molecule has 0 fully saturated rings. The highest BCUT2D eigenvalue weighted by atomic mass is 32.2. The summed E-state index contributed by atoms with van der Waals surface area (Å²) >= 11 is 1.15. The Hall–Kier alpha value is -2.94. The number of nitrogens with one attached hydrogen (secondary N) is 1. The number of amides is 1. The van der Waals surface area contributed by atoms with Crippen molar-refractivity contribution in [1.82, 2.24) is 20.2 Å². The number of aromatic nitrogens is 4. The zero-order chi connectivity index (χ0) is 17.6. The normalized spacial score (nSPS) is 10.5. The number of benzene rings is 2. The number of nitrogens with zero attached hydrogens (tertiary/aromatic N) is 4. The minimum atomic E-state index is -0.391. The van der Waals surface area contributed by atoms with Crippen LogP contribution in [0.3, 0.4) is 0 Å². The van der Waals surface area contributed by atoms with Gasteiger partial charge >= 0.3 is 0 Å². The van der Waals surface area contributed by atoms with E-state index in [1.165, 1.54) is 23.9 Å². The van der Waals surface area contributed by atoms with Gasteiger partial charge < -0.3 is 10.1 Å². The molecule has 0 bridgehead atoms. The van der Waals surface area contributed by atoms with E-state index >= 15 is 0 Å². The molecular formula is C16H14FN5O2S. The molecule has 3 aromatic rings. The van der Waals surface area contributed by atoms with E-state index in [4.69, 9.17) is 4.74 Å². The molecule has 3 rings (SSSR count). The molecule has 7 nitrogen and oxygen atoms in total. The molecule has 0 aliphatic heterocycles. The van der Waals surface area contributed by atoms with Crippen LogP contribution in [-0.2, 0) is 4.79 Å². The SMILES string of the molecule is COc1ccccc1NC(=O)CSc1nnnn1-c1cccc(F)c1. The van der Waals surface area contributed by atoms with Crippen LogP contribution in [0.2, 0.25) is 0 Å². The molecule has 1 N–H and O–H groups in total. The first-order chi connectivity index (χ1) is 12.2. The van der Waals surface area contributed by atoms with Gasteiger partial charge in [-0.1, -0.05) is 30.0 Å². The third-order valence-corrected chi connectivity index (χ3v) is 4.13. The Balaban J connectivity index is 1.66. The first kappa shape index (κ1) is 16.9. The van der Waals surface area contributed by atoms with E-state index in [1.807, 2.05) is 6.07 Å². The standard InChI is InChI=1S/C16H14FN5O2S/c1-24-14-8-3-2-7-13(14)18-15(23)10-25-16-19-20-21-22(16)12-6-4-5-11(17)9-12/h2-9H,10H2,1H3,(H,18,23). The van der Waals surface area contributed by atoms with Crippen LogP contribution < -0.4 is 10.1 Å². The molecule has 0 aliphatic rings. The van der Waals surface area contributed by atoms with Gasteiger partial charge in [0.25, 0.3) is 0 Å². The molecule has 0 unspecified atom stereocenters. The molecule has 0 saturated heterocycles. The van der Waals surface area contributed by atoms with Gasteiger partial charge in [-0.2, -0.15) is 4.68 Å². The molecule has 128 valence electrons. The average Bonchev–Trinajstić information content (AvgIpc) is 3.09. The summed E-state index contributed by atoms with van der Waals surface area (Å²) in [5, 5.41) is 14.5. The Labute approximate surface area is 147 Å². The summed E-state index contributed by atoms with van der Waals surface area (Å²) in [6.07, 6.45) is 0. The van der Waals surface area contributed by atoms with Crippen molar-refractivity contribution in [3.8, 4) is 11.4 Å². The van der Waals surface area contributed by atoms with Crippen LogP contribution in [0, 0.1) is 5.82 Å². The second-order valence-corrected chi connectivity index (χ2v) is 5.83. The van der Waals surface area contributed by atoms with Crippen molar-refractivity contribution in [1.29, 1.82) is 0 Å². The highest BCUT2D eigenvalue weighted by Gasteiger charge is 2.13. The Morgan fingerprint density at radius 3 is 2.92 bits per heavy atom. The second-order valence-electron chi connectivity index (χ2n) is 4.89. The molecule has 9 heteroatoms. The maximum absolute atomic E-state index is 13.4. The smallest absolute Gasteiger partial charge is 0.234 e. The lowest BCUT2D eigenvalue weighted by atomic mass is 10.3. The largest absolute Gasteiger partial charge is 0.495 e. The number of carbonyl (C=O) groups excluding carboxylic acids is 1. The number of carbonyl (C=O) groups is 1. The van der Waals surface area contributed by atoms with Crippen LogP contribution >= 0.6 is 11.8 Å². The summed E-state index contributed by atoms with van der Waals surface area (Å²) < 4.78 is 19.9. The molecule has 1 amide bonds. The van der Waals surface area contributed by atoms with E-state index < -0.39 is 5.82 Å². The zero-order valence-corrected chi connectivity index (χ0v) is 14.0. The van der Waals surface area contributed by atoms with Gasteiger partial charge in [-0.3, -0.25) is 4.79 Å². The van der Waals surface area contributed by atoms with Crippen molar-refractivity contribution >= 4 is 23.4 Å². The molecule has 2 aromatic carbocycles. The minimum absolute atomic E-state index is 0.0910. The van der Waals surface area contributed by atoms with Gasteiger partial charge in [0.2, 0.25) is 11.1 Å². The van der Waals surface area contributed by atoms with E-state index in [2.05, 4.69) is 20.8 Å². The number of hydrogen-bond acceptors (Lipinski definition) is 6. The highest BCUT2D eigenvalue weighted by molar-refractivity contribution is 7.99. The number of rotatable bonds is 6. The van der Waals surface area contributed by atoms with Gasteiger partial charge in [0.1, 0.15) is 11.6 Å². The van der Waals surface area contributed by atoms with Crippen LogP contribution in [0.5, 0.6) is 5.75 Å². The van der Waals surface area contributed by atoms with Crippen molar-refractivity contribution in [2.45, 2.75) is 5.16 Å². The van der Waals surface area contributed by atoms with E-state index in [0.717, 1.165) is 11.8 Å². The summed E-state index contributed by atoms with van der Waals surface area (Å²) in [5.74, 6) is 0.0416.